The van der Waals surface area contributed by atoms with Gasteiger partial charge in [-0.15, -0.1) is 11.3 Å². The average molecular weight is 457 g/mol. The number of methoxy groups -OCH3 is 1. The number of benzene rings is 2. The molecule has 1 heterocycles. The Morgan fingerprint density at radius 2 is 1.84 bits per heavy atom. The number of aliphatic hydroxyl groups is 1. The molecule has 1 unspecified atom stereocenters. The molecule has 0 spiro atoms. The van der Waals surface area contributed by atoms with E-state index in [1.54, 1.807) is 19.2 Å². The number of nitrogens with zero attached hydrogens (tertiary/aromatic N) is 1. The molecule has 0 aliphatic heterocycles. The maximum absolute atomic E-state index is 13.4. The minimum absolute atomic E-state index is 0.0836. The van der Waals surface area contributed by atoms with Crippen LogP contribution in [-0.2, 0) is 11.0 Å². The summed E-state index contributed by atoms with van der Waals surface area (Å²) >= 11 is 1.40. The summed E-state index contributed by atoms with van der Waals surface area (Å²) in [5.74, 6) is 0.334. The predicted molar refractivity (Wildman–Crippen MR) is 130 cm³/mol. The van der Waals surface area contributed by atoms with E-state index in [4.69, 9.17) is 9.72 Å². The molecule has 4 nitrogen and oxygen atoms in total. The third-order valence-corrected chi connectivity index (χ3v) is 6.59. The molecule has 0 fully saturated rings. The number of hydrogen-bond donors (Lipinski definition) is 2. The summed E-state index contributed by atoms with van der Waals surface area (Å²) in [6, 6.07) is 12.2. The highest BCUT2D eigenvalue weighted by Gasteiger charge is 2.38. The molecule has 172 valence electrons. The van der Waals surface area contributed by atoms with Crippen LogP contribution in [-0.4, -0.2) is 30.3 Å². The number of halogens is 1. The Balaban J connectivity index is 2.09. The molecule has 1 atom stereocenters. The Labute approximate surface area is 194 Å². The summed E-state index contributed by atoms with van der Waals surface area (Å²) in [6.45, 7) is 9.69. The van der Waals surface area contributed by atoms with Gasteiger partial charge in [-0.1, -0.05) is 40.2 Å². The van der Waals surface area contributed by atoms with Gasteiger partial charge in [-0.2, -0.15) is 0 Å². The molecule has 3 aromatic rings. The third kappa shape index (κ3) is 5.37. The predicted octanol–water partition coefficient (Wildman–Crippen LogP) is 5.88. The quantitative estimate of drug-likeness (QED) is 0.395. The van der Waals surface area contributed by atoms with Gasteiger partial charge < -0.3 is 15.2 Å². The summed E-state index contributed by atoms with van der Waals surface area (Å²) in [7, 11) is 1.62. The van der Waals surface area contributed by atoms with Gasteiger partial charge in [0.05, 0.1) is 12.8 Å². The number of thiazole rings is 1. The summed E-state index contributed by atoms with van der Waals surface area (Å²) < 4.78 is 19.0. The number of hydrogen-bond acceptors (Lipinski definition) is 5. The van der Waals surface area contributed by atoms with Crippen LogP contribution in [0.1, 0.15) is 56.7 Å². The first kappa shape index (κ1) is 24.4. The van der Waals surface area contributed by atoms with Crippen LogP contribution in [0.5, 0.6) is 5.75 Å². The van der Waals surface area contributed by atoms with Crippen LogP contribution in [0.25, 0.3) is 11.3 Å². The zero-order chi connectivity index (χ0) is 23.4. The second-order valence-corrected chi connectivity index (χ2v) is 9.96. The van der Waals surface area contributed by atoms with Crippen molar-refractivity contribution >= 4 is 11.3 Å². The van der Waals surface area contributed by atoms with E-state index in [2.05, 4.69) is 33.0 Å². The van der Waals surface area contributed by atoms with E-state index in [-0.39, 0.29) is 11.2 Å². The number of aromatic nitrogens is 1. The van der Waals surface area contributed by atoms with Crippen LogP contribution >= 0.6 is 11.3 Å². The molecule has 0 radical (unpaired) electrons. The normalized spacial score (nSPS) is 13.7. The van der Waals surface area contributed by atoms with Gasteiger partial charge in [-0.3, -0.25) is 0 Å². The topological polar surface area (TPSA) is 54.4 Å². The Bertz CT molecular complexity index is 1030. The van der Waals surface area contributed by atoms with Gasteiger partial charge in [0.25, 0.3) is 0 Å². The van der Waals surface area contributed by atoms with Crippen molar-refractivity contribution in [2.24, 2.45) is 0 Å². The third-order valence-electron chi connectivity index (χ3n) is 5.60. The van der Waals surface area contributed by atoms with Gasteiger partial charge in [0.15, 0.2) is 5.60 Å². The van der Waals surface area contributed by atoms with Crippen LogP contribution in [0.4, 0.5) is 4.39 Å². The smallest absolute Gasteiger partial charge is 0.157 e. The lowest BCUT2D eigenvalue weighted by atomic mass is 9.83. The number of rotatable bonds is 9. The molecular formula is C26H33FN2O2S. The van der Waals surface area contributed by atoms with E-state index in [0.717, 1.165) is 30.5 Å². The number of ether oxygens (including phenoxy) is 1. The maximum Gasteiger partial charge on any atom is 0.157 e. The lowest BCUT2D eigenvalue weighted by Crippen LogP contribution is -2.40. The average Bonchev–Trinajstić information content (AvgIpc) is 3.27. The first-order valence-electron chi connectivity index (χ1n) is 11.0. The van der Waals surface area contributed by atoms with Gasteiger partial charge >= 0.3 is 0 Å². The summed E-state index contributed by atoms with van der Waals surface area (Å²) in [5, 5.41) is 18.0. The van der Waals surface area contributed by atoms with Crippen LogP contribution < -0.4 is 10.1 Å². The minimum Gasteiger partial charge on any atom is -0.496 e. The molecule has 3 rings (SSSR count). The van der Waals surface area contributed by atoms with E-state index in [1.807, 2.05) is 23.6 Å². The largest absolute Gasteiger partial charge is 0.496 e. The summed E-state index contributed by atoms with van der Waals surface area (Å²) in [4.78, 5) is 4.78. The van der Waals surface area contributed by atoms with E-state index >= 15 is 0 Å². The molecule has 2 aromatic carbocycles. The highest BCUT2D eigenvalue weighted by atomic mass is 32.1. The van der Waals surface area contributed by atoms with Gasteiger partial charge in [0.1, 0.15) is 16.6 Å². The second-order valence-electron chi connectivity index (χ2n) is 9.10. The second kappa shape index (κ2) is 10.1. The van der Waals surface area contributed by atoms with Gasteiger partial charge in [-0.05, 0) is 60.3 Å². The van der Waals surface area contributed by atoms with Crippen molar-refractivity contribution in [3.05, 3.63) is 69.8 Å². The number of unbranched alkanes of at least 4 members (excludes halogenated alkanes) is 1. The van der Waals surface area contributed by atoms with Crippen molar-refractivity contribution in [2.75, 3.05) is 20.2 Å². The fourth-order valence-electron chi connectivity index (χ4n) is 3.57. The lowest BCUT2D eigenvalue weighted by Gasteiger charge is -2.30. The molecule has 2 N–H and O–H groups in total. The fraction of sp³-hybridized carbons (Fsp3) is 0.423. The first-order chi connectivity index (χ1) is 15.2. The molecular weight excluding hydrogens is 423 g/mol. The zero-order valence-electron chi connectivity index (χ0n) is 19.5. The van der Waals surface area contributed by atoms with Crippen LogP contribution in [0, 0.1) is 5.82 Å². The van der Waals surface area contributed by atoms with Crippen molar-refractivity contribution in [1.29, 1.82) is 0 Å². The summed E-state index contributed by atoms with van der Waals surface area (Å²) in [5.41, 5.74) is 1.86. The molecule has 0 saturated carbocycles. The fourth-order valence-corrected chi connectivity index (χ4v) is 4.51. The Morgan fingerprint density at radius 1 is 1.12 bits per heavy atom. The maximum atomic E-state index is 13.4. The Morgan fingerprint density at radius 3 is 2.47 bits per heavy atom. The first-order valence-corrected chi connectivity index (χ1v) is 11.9. The monoisotopic (exact) mass is 456 g/mol. The van der Waals surface area contributed by atoms with Crippen molar-refractivity contribution in [1.82, 2.24) is 10.3 Å². The van der Waals surface area contributed by atoms with Crippen molar-refractivity contribution in [3.8, 4) is 17.0 Å². The highest BCUT2D eigenvalue weighted by Crippen LogP contribution is 2.40. The van der Waals surface area contributed by atoms with E-state index < -0.39 is 5.60 Å². The molecule has 0 aliphatic carbocycles. The van der Waals surface area contributed by atoms with Gasteiger partial charge in [-0.25, -0.2) is 9.37 Å². The van der Waals surface area contributed by atoms with Crippen molar-refractivity contribution in [3.63, 3.8) is 0 Å². The van der Waals surface area contributed by atoms with Crippen LogP contribution in [0.15, 0.2) is 47.8 Å². The van der Waals surface area contributed by atoms with E-state index in [0.29, 0.717) is 28.6 Å². The van der Waals surface area contributed by atoms with Crippen LogP contribution in [0.2, 0.25) is 0 Å². The van der Waals surface area contributed by atoms with E-state index in [1.165, 1.54) is 23.5 Å². The van der Waals surface area contributed by atoms with Gasteiger partial charge in [0, 0.05) is 23.1 Å². The molecule has 1 aromatic heterocycles. The van der Waals surface area contributed by atoms with E-state index in [9.17, 15) is 9.50 Å². The van der Waals surface area contributed by atoms with Crippen molar-refractivity contribution in [2.45, 2.75) is 51.6 Å². The zero-order valence-corrected chi connectivity index (χ0v) is 20.4. The highest BCUT2D eigenvalue weighted by molar-refractivity contribution is 7.10. The SMILES string of the molecule is CCCCNCC(O)(c1nc(-c2ccc(F)cc2)cs1)c1cc(C(C)(C)C)ccc1OC. The molecule has 6 heteroatoms. The lowest BCUT2D eigenvalue weighted by molar-refractivity contribution is 0.0768. The molecule has 0 aliphatic rings. The number of nitrogens with one attached hydrogen (secondary N) is 1. The minimum atomic E-state index is -1.37. The Kier molecular flexibility index (Phi) is 7.70. The van der Waals surface area contributed by atoms with Crippen molar-refractivity contribution < 1.29 is 14.2 Å². The van der Waals surface area contributed by atoms with Gasteiger partial charge in [0.2, 0.25) is 0 Å². The van der Waals surface area contributed by atoms with Crippen LogP contribution in [0.3, 0.4) is 0 Å². The molecule has 32 heavy (non-hydrogen) atoms. The molecule has 0 saturated heterocycles. The Hall–Kier alpha value is -2.28. The molecule has 0 bridgehead atoms. The standard InChI is InChI=1S/C26H33FN2O2S/c1-6-7-14-28-17-26(30,21-15-19(25(2,3)4)10-13-23(21)31-5)24-29-22(16-32-24)18-8-11-20(27)12-9-18/h8-13,15-16,28,30H,6-7,14,17H2,1-5H3. The summed E-state index contributed by atoms with van der Waals surface area (Å²) in [6.07, 6.45) is 2.09. The molecule has 0 amide bonds.